The van der Waals surface area contributed by atoms with Crippen LogP contribution in [0.25, 0.3) is 0 Å². The Balaban J connectivity index is 2.89. The lowest BCUT2D eigenvalue weighted by Gasteiger charge is -2.18. The van der Waals surface area contributed by atoms with E-state index < -0.39 is 0 Å². The summed E-state index contributed by atoms with van der Waals surface area (Å²) in [6, 6.07) is 6.00. The summed E-state index contributed by atoms with van der Waals surface area (Å²) < 4.78 is 0. The average Bonchev–Trinajstić information content (AvgIpc) is 2.24. The van der Waals surface area contributed by atoms with Gasteiger partial charge in [0.05, 0.1) is 0 Å². The van der Waals surface area contributed by atoms with Gasteiger partial charge in [0.25, 0.3) is 0 Å². The standard InChI is InChI=1S/C12H17ClN2/c1-3-4-5-12(15-14)11-8-10(13)7-6-9(11)2/h3,6-8,12,15H,1,4-5,14H2,2H3. The number of benzene rings is 1. The van der Waals surface area contributed by atoms with Gasteiger partial charge in [-0.25, -0.2) is 0 Å². The minimum Gasteiger partial charge on any atom is -0.271 e. The van der Waals surface area contributed by atoms with E-state index in [4.69, 9.17) is 17.4 Å². The third-order valence-corrected chi connectivity index (χ3v) is 2.71. The molecule has 3 N–H and O–H groups in total. The first-order chi connectivity index (χ1) is 7.19. The summed E-state index contributed by atoms with van der Waals surface area (Å²) in [7, 11) is 0. The highest BCUT2D eigenvalue weighted by Crippen LogP contribution is 2.24. The molecule has 0 aromatic heterocycles. The fraction of sp³-hybridized carbons (Fsp3) is 0.333. The maximum Gasteiger partial charge on any atom is 0.0466 e. The molecule has 1 atom stereocenters. The molecule has 0 aliphatic heterocycles. The van der Waals surface area contributed by atoms with E-state index in [9.17, 15) is 0 Å². The fourth-order valence-electron chi connectivity index (χ4n) is 1.60. The van der Waals surface area contributed by atoms with E-state index in [0.717, 1.165) is 23.4 Å². The number of nitrogens with one attached hydrogen (secondary N) is 1. The maximum absolute atomic E-state index is 5.96. The summed E-state index contributed by atoms with van der Waals surface area (Å²) in [4.78, 5) is 0. The van der Waals surface area contributed by atoms with Crippen LogP contribution in [0.3, 0.4) is 0 Å². The summed E-state index contributed by atoms with van der Waals surface area (Å²) in [5, 5.41) is 0.745. The molecular formula is C12H17ClN2. The Morgan fingerprint density at radius 2 is 2.33 bits per heavy atom. The van der Waals surface area contributed by atoms with Crippen molar-refractivity contribution in [3.8, 4) is 0 Å². The zero-order valence-corrected chi connectivity index (χ0v) is 9.72. The van der Waals surface area contributed by atoms with Crippen LogP contribution in [0.4, 0.5) is 0 Å². The third kappa shape index (κ3) is 3.34. The molecule has 3 heteroatoms. The Kier molecular flexibility index (Phi) is 4.82. The van der Waals surface area contributed by atoms with Crippen LogP contribution in [0, 0.1) is 6.92 Å². The predicted octanol–water partition coefficient (Wildman–Crippen LogP) is 3.12. The van der Waals surface area contributed by atoms with Gasteiger partial charge in [0, 0.05) is 11.1 Å². The van der Waals surface area contributed by atoms with Crippen LogP contribution in [-0.2, 0) is 0 Å². The van der Waals surface area contributed by atoms with Crippen LogP contribution in [0.2, 0.25) is 5.02 Å². The predicted molar refractivity (Wildman–Crippen MR) is 65.7 cm³/mol. The normalized spacial score (nSPS) is 12.5. The zero-order chi connectivity index (χ0) is 11.3. The summed E-state index contributed by atoms with van der Waals surface area (Å²) in [5.41, 5.74) is 5.17. The monoisotopic (exact) mass is 224 g/mol. The smallest absolute Gasteiger partial charge is 0.0466 e. The second kappa shape index (κ2) is 5.91. The molecule has 1 rings (SSSR count). The number of hydrazine groups is 1. The molecule has 0 fully saturated rings. The van der Waals surface area contributed by atoms with Gasteiger partial charge in [0.2, 0.25) is 0 Å². The van der Waals surface area contributed by atoms with E-state index in [0.29, 0.717) is 0 Å². The molecular weight excluding hydrogens is 208 g/mol. The second-order valence-electron chi connectivity index (χ2n) is 3.59. The quantitative estimate of drug-likeness (QED) is 0.458. The number of nitrogens with two attached hydrogens (primary N) is 1. The number of aryl methyl sites for hydroxylation is 1. The maximum atomic E-state index is 5.96. The zero-order valence-electron chi connectivity index (χ0n) is 8.96. The number of allylic oxidation sites excluding steroid dienone is 1. The van der Waals surface area contributed by atoms with Gasteiger partial charge in [-0.3, -0.25) is 11.3 Å². The van der Waals surface area contributed by atoms with Crippen LogP contribution in [-0.4, -0.2) is 0 Å². The molecule has 0 aliphatic carbocycles. The summed E-state index contributed by atoms with van der Waals surface area (Å²) >= 11 is 5.96. The summed E-state index contributed by atoms with van der Waals surface area (Å²) in [5.74, 6) is 5.54. The van der Waals surface area contributed by atoms with E-state index in [2.05, 4.69) is 18.9 Å². The average molecular weight is 225 g/mol. The second-order valence-corrected chi connectivity index (χ2v) is 4.02. The topological polar surface area (TPSA) is 38.0 Å². The fourth-order valence-corrected chi connectivity index (χ4v) is 1.78. The van der Waals surface area contributed by atoms with E-state index in [-0.39, 0.29) is 6.04 Å². The molecule has 0 heterocycles. The molecule has 0 radical (unpaired) electrons. The lowest BCUT2D eigenvalue weighted by Crippen LogP contribution is -2.28. The van der Waals surface area contributed by atoms with Gasteiger partial charge >= 0.3 is 0 Å². The van der Waals surface area contributed by atoms with E-state index in [1.54, 1.807) is 0 Å². The molecule has 0 saturated carbocycles. The van der Waals surface area contributed by atoms with Crippen molar-refractivity contribution < 1.29 is 0 Å². The summed E-state index contributed by atoms with van der Waals surface area (Å²) in [6.45, 7) is 5.77. The van der Waals surface area contributed by atoms with Gasteiger partial charge in [0.1, 0.15) is 0 Å². The van der Waals surface area contributed by atoms with Gasteiger partial charge in [-0.15, -0.1) is 6.58 Å². The Bertz CT molecular complexity index is 336. The molecule has 82 valence electrons. The van der Waals surface area contributed by atoms with Crippen LogP contribution in [0.5, 0.6) is 0 Å². The lowest BCUT2D eigenvalue weighted by molar-refractivity contribution is 0.518. The molecule has 1 unspecified atom stereocenters. The first kappa shape index (κ1) is 12.2. The Hall–Kier alpha value is -0.830. The van der Waals surface area contributed by atoms with Crippen molar-refractivity contribution >= 4 is 11.6 Å². The molecule has 0 spiro atoms. The van der Waals surface area contributed by atoms with E-state index in [1.807, 2.05) is 24.3 Å². The van der Waals surface area contributed by atoms with Gasteiger partial charge in [-0.05, 0) is 43.0 Å². The highest BCUT2D eigenvalue weighted by Gasteiger charge is 2.11. The van der Waals surface area contributed by atoms with Gasteiger partial charge in [-0.2, -0.15) is 0 Å². The molecule has 15 heavy (non-hydrogen) atoms. The van der Waals surface area contributed by atoms with Crippen molar-refractivity contribution in [3.05, 3.63) is 47.0 Å². The largest absolute Gasteiger partial charge is 0.271 e. The van der Waals surface area contributed by atoms with Crippen LogP contribution in [0.1, 0.15) is 30.0 Å². The Labute approximate surface area is 96.1 Å². The third-order valence-electron chi connectivity index (χ3n) is 2.48. The van der Waals surface area contributed by atoms with Gasteiger partial charge in [-0.1, -0.05) is 23.7 Å². The van der Waals surface area contributed by atoms with Crippen LogP contribution in [0.15, 0.2) is 30.9 Å². The highest BCUT2D eigenvalue weighted by atomic mass is 35.5. The van der Waals surface area contributed by atoms with Crippen molar-refractivity contribution in [2.24, 2.45) is 5.84 Å². The van der Waals surface area contributed by atoms with Gasteiger partial charge in [0.15, 0.2) is 0 Å². The lowest BCUT2D eigenvalue weighted by atomic mass is 9.98. The Morgan fingerprint density at radius 3 is 2.93 bits per heavy atom. The molecule has 1 aromatic rings. The first-order valence-electron chi connectivity index (χ1n) is 5.02. The van der Waals surface area contributed by atoms with Gasteiger partial charge < -0.3 is 0 Å². The van der Waals surface area contributed by atoms with Crippen LogP contribution >= 0.6 is 11.6 Å². The molecule has 0 saturated heterocycles. The number of rotatable bonds is 5. The minimum absolute atomic E-state index is 0.140. The van der Waals surface area contributed by atoms with E-state index >= 15 is 0 Å². The molecule has 0 aliphatic rings. The number of hydrogen-bond donors (Lipinski definition) is 2. The highest BCUT2D eigenvalue weighted by molar-refractivity contribution is 6.30. The first-order valence-corrected chi connectivity index (χ1v) is 5.40. The van der Waals surface area contributed by atoms with E-state index in [1.165, 1.54) is 5.56 Å². The molecule has 2 nitrogen and oxygen atoms in total. The van der Waals surface area contributed by atoms with Crippen molar-refractivity contribution in [1.29, 1.82) is 0 Å². The number of halogens is 1. The summed E-state index contributed by atoms with van der Waals surface area (Å²) in [6.07, 6.45) is 3.76. The molecule has 0 amide bonds. The molecule has 0 bridgehead atoms. The molecule has 1 aromatic carbocycles. The SMILES string of the molecule is C=CCCC(NN)c1cc(Cl)ccc1C. The van der Waals surface area contributed by atoms with Crippen molar-refractivity contribution in [2.45, 2.75) is 25.8 Å². The minimum atomic E-state index is 0.140. The van der Waals surface area contributed by atoms with Crippen molar-refractivity contribution in [2.75, 3.05) is 0 Å². The van der Waals surface area contributed by atoms with Crippen LogP contribution < -0.4 is 11.3 Å². The Morgan fingerprint density at radius 1 is 1.60 bits per heavy atom. The van der Waals surface area contributed by atoms with Crippen molar-refractivity contribution in [3.63, 3.8) is 0 Å². The number of hydrogen-bond acceptors (Lipinski definition) is 2. The van der Waals surface area contributed by atoms with Crippen molar-refractivity contribution in [1.82, 2.24) is 5.43 Å².